The van der Waals surface area contributed by atoms with Crippen LogP contribution in [0, 0.1) is 5.41 Å². The molecule has 2 saturated heterocycles. The second kappa shape index (κ2) is 7.16. The molecule has 2 amide bonds. The van der Waals surface area contributed by atoms with Gasteiger partial charge in [0, 0.05) is 36.2 Å². The van der Waals surface area contributed by atoms with Crippen LogP contribution >= 0.6 is 0 Å². The molecule has 2 bridgehead atoms. The van der Waals surface area contributed by atoms with Gasteiger partial charge < -0.3 is 15.5 Å². The maximum absolute atomic E-state index is 13.0. The van der Waals surface area contributed by atoms with Gasteiger partial charge in [-0.2, -0.15) is 0 Å². The van der Waals surface area contributed by atoms with Crippen LogP contribution in [0.25, 0.3) is 0 Å². The lowest BCUT2D eigenvalue weighted by molar-refractivity contribution is -0.128. The first-order chi connectivity index (χ1) is 11.9. The lowest BCUT2D eigenvalue weighted by atomic mass is 9.95. The highest BCUT2D eigenvalue weighted by Crippen LogP contribution is 2.29. The first-order valence-electron chi connectivity index (χ1n) is 9.27. The predicted molar refractivity (Wildman–Crippen MR) is 98.2 cm³/mol. The fourth-order valence-corrected chi connectivity index (χ4v) is 3.68. The van der Waals surface area contributed by atoms with E-state index in [1.165, 1.54) is 0 Å². The average Bonchev–Trinajstić information content (AvgIpc) is 2.84. The molecule has 1 aromatic rings. The van der Waals surface area contributed by atoms with E-state index in [1.54, 1.807) is 0 Å². The van der Waals surface area contributed by atoms with Gasteiger partial charge in [-0.1, -0.05) is 32.9 Å². The zero-order chi connectivity index (χ0) is 18.0. The molecule has 0 aliphatic carbocycles. The number of nitrogens with one attached hydrogen (secondary N) is 2. The molecule has 0 aromatic heterocycles. The van der Waals surface area contributed by atoms with Gasteiger partial charge in [-0.15, -0.1) is 0 Å². The molecule has 2 heterocycles. The Balaban J connectivity index is 1.64. The molecule has 5 nitrogen and oxygen atoms in total. The third kappa shape index (κ3) is 4.03. The normalized spacial score (nSPS) is 23.2. The summed E-state index contributed by atoms with van der Waals surface area (Å²) in [6.07, 6.45) is 3.26. The summed E-state index contributed by atoms with van der Waals surface area (Å²) in [7, 11) is 0. The topological polar surface area (TPSA) is 61.4 Å². The summed E-state index contributed by atoms with van der Waals surface area (Å²) in [5, 5.41) is 6.37. The van der Waals surface area contributed by atoms with Crippen molar-refractivity contribution < 1.29 is 9.59 Å². The number of benzene rings is 1. The quantitative estimate of drug-likeness (QED) is 0.885. The molecule has 136 valence electrons. The van der Waals surface area contributed by atoms with Crippen LogP contribution in [-0.2, 0) is 11.3 Å². The Labute approximate surface area is 150 Å². The SMILES string of the molecule is CC(C)(C)C(=O)NCc1ccc(C(=O)N2C3CCNCC2CC3)cc1. The van der Waals surface area contributed by atoms with Crippen LogP contribution in [0.1, 0.15) is 56.0 Å². The van der Waals surface area contributed by atoms with Gasteiger partial charge in [-0.25, -0.2) is 0 Å². The van der Waals surface area contributed by atoms with Gasteiger partial charge in [-0.3, -0.25) is 9.59 Å². The highest BCUT2D eigenvalue weighted by molar-refractivity contribution is 5.95. The van der Waals surface area contributed by atoms with E-state index in [0.29, 0.717) is 18.6 Å². The lowest BCUT2D eigenvalue weighted by Gasteiger charge is -2.28. The molecule has 2 N–H and O–H groups in total. The minimum atomic E-state index is -0.393. The van der Waals surface area contributed by atoms with Crippen molar-refractivity contribution in [2.24, 2.45) is 5.41 Å². The number of rotatable bonds is 3. The average molecular weight is 343 g/mol. The third-order valence-corrected chi connectivity index (χ3v) is 5.22. The van der Waals surface area contributed by atoms with Crippen LogP contribution in [0.5, 0.6) is 0 Å². The molecule has 0 spiro atoms. The van der Waals surface area contributed by atoms with E-state index in [2.05, 4.69) is 15.5 Å². The number of carbonyl (C=O) groups is 2. The van der Waals surface area contributed by atoms with E-state index in [9.17, 15) is 9.59 Å². The van der Waals surface area contributed by atoms with Crippen LogP contribution in [0.4, 0.5) is 0 Å². The van der Waals surface area contributed by atoms with E-state index >= 15 is 0 Å². The zero-order valence-electron chi connectivity index (χ0n) is 15.5. The Morgan fingerprint density at radius 3 is 2.48 bits per heavy atom. The summed E-state index contributed by atoms with van der Waals surface area (Å²) in [6.45, 7) is 8.08. The summed E-state index contributed by atoms with van der Waals surface area (Å²) in [4.78, 5) is 27.0. The molecule has 3 rings (SSSR count). The van der Waals surface area contributed by atoms with E-state index < -0.39 is 5.41 Å². The van der Waals surface area contributed by atoms with Crippen molar-refractivity contribution in [1.29, 1.82) is 0 Å². The van der Waals surface area contributed by atoms with Crippen molar-refractivity contribution >= 4 is 11.8 Å². The molecule has 25 heavy (non-hydrogen) atoms. The maximum atomic E-state index is 13.0. The minimum absolute atomic E-state index is 0.0290. The Hall–Kier alpha value is -1.88. The van der Waals surface area contributed by atoms with E-state index in [4.69, 9.17) is 0 Å². The lowest BCUT2D eigenvalue weighted by Crippen LogP contribution is -2.42. The number of hydrogen-bond donors (Lipinski definition) is 2. The molecule has 0 radical (unpaired) electrons. The van der Waals surface area contributed by atoms with Crippen LogP contribution < -0.4 is 10.6 Å². The predicted octanol–water partition coefficient (Wildman–Crippen LogP) is 2.32. The van der Waals surface area contributed by atoms with E-state index in [1.807, 2.05) is 45.0 Å². The summed E-state index contributed by atoms with van der Waals surface area (Å²) in [5.74, 6) is 0.169. The number of fused-ring (bicyclic) bond motifs is 2. The van der Waals surface area contributed by atoms with E-state index in [-0.39, 0.29) is 11.8 Å². The van der Waals surface area contributed by atoms with Crippen LogP contribution in [-0.4, -0.2) is 41.9 Å². The molecule has 2 unspecified atom stereocenters. The summed E-state index contributed by atoms with van der Waals surface area (Å²) in [6, 6.07) is 8.35. The van der Waals surface area contributed by atoms with Gasteiger partial charge >= 0.3 is 0 Å². The Morgan fingerprint density at radius 2 is 1.80 bits per heavy atom. The first-order valence-corrected chi connectivity index (χ1v) is 9.27. The highest BCUT2D eigenvalue weighted by Gasteiger charge is 2.38. The van der Waals surface area contributed by atoms with Gasteiger partial charge in [0.05, 0.1) is 0 Å². The van der Waals surface area contributed by atoms with Crippen molar-refractivity contribution in [3.63, 3.8) is 0 Å². The fourth-order valence-electron chi connectivity index (χ4n) is 3.68. The number of carbonyl (C=O) groups excluding carboxylic acids is 2. The zero-order valence-corrected chi connectivity index (χ0v) is 15.5. The molecule has 5 heteroatoms. The smallest absolute Gasteiger partial charge is 0.254 e. The Morgan fingerprint density at radius 1 is 1.12 bits per heavy atom. The van der Waals surface area contributed by atoms with Gasteiger partial charge in [0.15, 0.2) is 0 Å². The maximum Gasteiger partial charge on any atom is 0.254 e. The summed E-state index contributed by atoms with van der Waals surface area (Å²) >= 11 is 0. The summed E-state index contributed by atoms with van der Waals surface area (Å²) < 4.78 is 0. The molecular weight excluding hydrogens is 314 g/mol. The minimum Gasteiger partial charge on any atom is -0.352 e. The van der Waals surface area contributed by atoms with Crippen molar-refractivity contribution in [1.82, 2.24) is 15.5 Å². The summed E-state index contributed by atoms with van der Waals surface area (Å²) in [5.41, 5.74) is 1.36. The standard InChI is InChI=1S/C20H29N3O2/c1-20(2,3)19(25)22-12-14-4-6-15(7-5-14)18(24)23-16-8-9-17(23)13-21-11-10-16/h4-7,16-17,21H,8-13H2,1-3H3,(H,22,25). The molecule has 1 aromatic carbocycles. The van der Waals surface area contributed by atoms with Crippen LogP contribution in [0.3, 0.4) is 0 Å². The van der Waals surface area contributed by atoms with Crippen LogP contribution in [0.15, 0.2) is 24.3 Å². The number of hydrogen-bond acceptors (Lipinski definition) is 3. The molecular formula is C20H29N3O2. The van der Waals surface area contributed by atoms with Crippen molar-refractivity contribution in [2.75, 3.05) is 13.1 Å². The number of nitrogens with zero attached hydrogens (tertiary/aromatic N) is 1. The highest BCUT2D eigenvalue weighted by atomic mass is 16.2. The van der Waals surface area contributed by atoms with E-state index in [0.717, 1.165) is 43.5 Å². The second-order valence-electron chi connectivity index (χ2n) is 8.22. The molecule has 2 atom stereocenters. The molecule has 2 aliphatic heterocycles. The third-order valence-electron chi connectivity index (χ3n) is 5.22. The van der Waals surface area contributed by atoms with Crippen molar-refractivity contribution in [3.8, 4) is 0 Å². The molecule has 0 saturated carbocycles. The van der Waals surface area contributed by atoms with Crippen molar-refractivity contribution in [2.45, 2.75) is 58.7 Å². The fraction of sp³-hybridized carbons (Fsp3) is 0.600. The Bertz CT molecular complexity index is 619. The largest absolute Gasteiger partial charge is 0.352 e. The van der Waals surface area contributed by atoms with Crippen LogP contribution in [0.2, 0.25) is 0 Å². The Kier molecular flexibility index (Phi) is 5.13. The van der Waals surface area contributed by atoms with Crippen molar-refractivity contribution in [3.05, 3.63) is 35.4 Å². The van der Waals surface area contributed by atoms with Gasteiger partial charge in [0.1, 0.15) is 0 Å². The van der Waals surface area contributed by atoms with Gasteiger partial charge in [-0.05, 0) is 43.5 Å². The first kappa shape index (κ1) is 17.9. The number of amides is 2. The van der Waals surface area contributed by atoms with Gasteiger partial charge in [0.25, 0.3) is 5.91 Å². The monoisotopic (exact) mass is 343 g/mol. The molecule has 2 aliphatic rings. The second-order valence-corrected chi connectivity index (χ2v) is 8.22. The molecule has 2 fully saturated rings. The van der Waals surface area contributed by atoms with Gasteiger partial charge in [0.2, 0.25) is 5.91 Å².